The zero-order valence-electron chi connectivity index (χ0n) is 10.0. The van der Waals surface area contributed by atoms with Crippen LogP contribution in [0, 0.1) is 0 Å². The third kappa shape index (κ3) is 2.51. The summed E-state index contributed by atoms with van der Waals surface area (Å²) in [6.45, 7) is 0. The zero-order chi connectivity index (χ0) is 12.5. The molecule has 1 aliphatic rings. The Morgan fingerprint density at radius 1 is 1.16 bits per heavy atom. The highest BCUT2D eigenvalue weighted by atomic mass is 35.5. The minimum atomic E-state index is -0.00212. The molecule has 3 nitrogen and oxygen atoms in total. The molecule has 0 fully saturated rings. The first-order valence-corrected chi connectivity index (χ1v) is 5.71. The number of benzene rings is 1. The maximum atomic E-state index is 12.2. The van der Waals surface area contributed by atoms with Crippen LogP contribution in [0.1, 0.15) is 21.5 Å². The molecule has 2 aromatic rings. The number of carbonyl (C=O) groups excluding carboxylic acids is 1. The van der Waals surface area contributed by atoms with E-state index in [0.717, 1.165) is 16.7 Å². The van der Waals surface area contributed by atoms with E-state index < -0.39 is 0 Å². The van der Waals surface area contributed by atoms with Gasteiger partial charge in [-0.15, -0.1) is 12.4 Å². The van der Waals surface area contributed by atoms with E-state index in [9.17, 15) is 9.90 Å². The first kappa shape index (κ1) is 13.3. The topological polar surface area (TPSA) is 50.2 Å². The standard InChI is InChI=1S/C15H11NO2.ClH/c17-13-2-1-11-8-12(15(18)14(11)9-13)7-10-3-5-16-6-4-10;/h1-7,9,17H,8H2;1H. The number of hydrogen-bond donors (Lipinski definition) is 1. The van der Waals surface area contributed by atoms with Crippen LogP contribution in [0.25, 0.3) is 6.08 Å². The fourth-order valence-corrected chi connectivity index (χ4v) is 2.17. The van der Waals surface area contributed by atoms with Crippen LogP contribution in [0.4, 0.5) is 0 Å². The quantitative estimate of drug-likeness (QED) is 0.813. The molecule has 3 rings (SSSR count). The fourth-order valence-electron chi connectivity index (χ4n) is 2.17. The highest BCUT2D eigenvalue weighted by molar-refractivity contribution is 6.15. The highest BCUT2D eigenvalue weighted by Gasteiger charge is 2.24. The summed E-state index contributed by atoms with van der Waals surface area (Å²) in [5.41, 5.74) is 3.29. The smallest absolute Gasteiger partial charge is 0.189 e. The molecule has 0 unspecified atom stereocenters. The summed E-state index contributed by atoms with van der Waals surface area (Å²) in [6, 6.07) is 8.67. The van der Waals surface area contributed by atoms with E-state index in [1.54, 1.807) is 24.5 Å². The molecule has 0 saturated heterocycles. The van der Waals surface area contributed by atoms with Gasteiger partial charge in [0.25, 0.3) is 0 Å². The predicted octanol–water partition coefficient (Wildman–Crippen LogP) is 3.03. The van der Waals surface area contributed by atoms with Crippen molar-refractivity contribution in [3.8, 4) is 5.75 Å². The van der Waals surface area contributed by atoms with E-state index >= 15 is 0 Å². The van der Waals surface area contributed by atoms with Gasteiger partial charge in [-0.2, -0.15) is 0 Å². The Hall–Kier alpha value is -2.13. The fraction of sp³-hybridized carbons (Fsp3) is 0.0667. The number of carbonyl (C=O) groups is 1. The van der Waals surface area contributed by atoms with Crippen LogP contribution in [0.15, 0.2) is 48.3 Å². The van der Waals surface area contributed by atoms with E-state index in [0.29, 0.717) is 12.0 Å². The summed E-state index contributed by atoms with van der Waals surface area (Å²) in [4.78, 5) is 16.1. The molecule has 19 heavy (non-hydrogen) atoms. The minimum absolute atomic E-state index is 0. The van der Waals surface area contributed by atoms with Gasteiger partial charge in [-0.05, 0) is 41.5 Å². The number of aromatic nitrogens is 1. The van der Waals surface area contributed by atoms with Crippen LogP contribution in [0.2, 0.25) is 0 Å². The van der Waals surface area contributed by atoms with E-state index in [1.165, 1.54) is 6.07 Å². The number of allylic oxidation sites excluding steroid dienone is 1. The molecule has 0 bridgehead atoms. The number of halogens is 1. The summed E-state index contributed by atoms with van der Waals surface area (Å²) in [7, 11) is 0. The number of pyridine rings is 1. The lowest BCUT2D eigenvalue weighted by atomic mass is 10.1. The Bertz CT molecular complexity index is 650. The Balaban J connectivity index is 0.00000133. The highest BCUT2D eigenvalue weighted by Crippen LogP contribution is 2.30. The van der Waals surface area contributed by atoms with Crippen molar-refractivity contribution >= 4 is 24.3 Å². The van der Waals surface area contributed by atoms with E-state index in [2.05, 4.69) is 4.98 Å². The average molecular weight is 274 g/mol. The van der Waals surface area contributed by atoms with Crippen molar-refractivity contribution in [2.75, 3.05) is 0 Å². The second kappa shape index (κ2) is 5.24. The number of phenolic OH excluding ortho intramolecular Hbond substituents is 1. The van der Waals surface area contributed by atoms with Crippen LogP contribution < -0.4 is 0 Å². The van der Waals surface area contributed by atoms with Gasteiger partial charge in [0.2, 0.25) is 0 Å². The van der Waals surface area contributed by atoms with Crippen molar-refractivity contribution in [1.29, 1.82) is 0 Å². The van der Waals surface area contributed by atoms with Gasteiger partial charge in [0, 0.05) is 30.0 Å². The van der Waals surface area contributed by atoms with Gasteiger partial charge in [0.1, 0.15) is 5.75 Å². The molecule has 0 atom stereocenters. The van der Waals surface area contributed by atoms with Crippen molar-refractivity contribution in [1.82, 2.24) is 4.98 Å². The minimum Gasteiger partial charge on any atom is -0.508 e. The van der Waals surface area contributed by atoms with Crippen LogP contribution in [-0.4, -0.2) is 15.9 Å². The molecular formula is C15H12ClNO2. The van der Waals surface area contributed by atoms with Crippen molar-refractivity contribution in [2.24, 2.45) is 0 Å². The van der Waals surface area contributed by atoms with Crippen molar-refractivity contribution in [3.05, 3.63) is 65.0 Å². The summed E-state index contributed by atoms with van der Waals surface area (Å²) < 4.78 is 0. The number of phenols is 1. The van der Waals surface area contributed by atoms with Gasteiger partial charge in [-0.3, -0.25) is 9.78 Å². The van der Waals surface area contributed by atoms with Gasteiger partial charge >= 0.3 is 0 Å². The molecular weight excluding hydrogens is 262 g/mol. The van der Waals surface area contributed by atoms with Gasteiger partial charge in [0.15, 0.2) is 5.78 Å². The molecule has 1 N–H and O–H groups in total. The lowest BCUT2D eigenvalue weighted by molar-refractivity contribution is 0.104. The SMILES string of the molecule is Cl.O=C1C(=Cc2ccncc2)Cc2ccc(O)cc21. The van der Waals surface area contributed by atoms with E-state index in [1.807, 2.05) is 18.2 Å². The first-order chi connectivity index (χ1) is 8.74. The second-order valence-corrected chi connectivity index (χ2v) is 4.30. The third-order valence-corrected chi connectivity index (χ3v) is 3.06. The molecule has 4 heteroatoms. The normalized spacial score (nSPS) is 15.2. The number of hydrogen-bond acceptors (Lipinski definition) is 3. The number of rotatable bonds is 1. The lowest BCUT2D eigenvalue weighted by Gasteiger charge is -1.96. The molecule has 1 heterocycles. The number of nitrogens with zero attached hydrogens (tertiary/aromatic N) is 1. The van der Waals surface area contributed by atoms with Crippen molar-refractivity contribution in [3.63, 3.8) is 0 Å². The van der Waals surface area contributed by atoms with Crippen LogP contribution in [0.3, 0.4) is 0 Å². The molecule has 0 radical (unpaired) electrons. The Labute approximate surface area is 117 Å². The molecule has 0 aliphatic heterocycles. The first-order valence-electron chi connectivity index (χ1n) is 5.71. The molecule has 1 aromatic carbocycles. The van der Waals surface area contributed by atoms with Gasteiger partial charge in [-0.1, -0.05) is 6.07 Å². The molecule has 0 amide bonds. The van der Waals surface area contributed by atoms with E-state index in [-0.39, 0.29) is 23.9 Å². The molecule has 1 aliphatic carbocycles. The number of fused-ring (bicyclic) bond motifs is 1. The lowest BCUT2D eigenvalue weighted by Crippen LogP contribution is -1.95. The summed E-state index contributed by atoms with van der Waals surface area (Å²) in [5, 5.41) is 9.41. The number of aromatic hydroxyl groups is 1. The predicted molar refractivity (Wildman–Crippen MR) is 75.6 cm³/mol. The molecule has 0 spiro atoms. The van der Waals surface area contributed by atoms with Crippen molar-refractivity contribution in [2.45, 2.75) is 6.42 Å². The summed E-state index contributed by atoms with van der Waals surface area (Å²) in [5.74, 6) is 0.130. The number of Topliss-reactive ketones (excluding diaryl/α,β-unsaturated/α-hetero) is 1. The maximum absolute atomic E-state index is 12.2. The monoisotopic (exact) mass is 273 g/mol. The van der Waals surface area contributed by atoms with Crippen LogP contribution in [0.5, 0.6) is 5.75 Å². The molecule has 1 aromatic heterocycles. The second-order valence-electron chi connectivity index (χ2n) is 4.30. The van der Waals surface area contributed by atoms with Crippen molar-refractivity contribution < 1.29 is 9.90 Å². The molecule has 0 saturated carbocycles. The Morgan fingerprint density at radius 2 is 1.89 bits per heavy atom. The average Bonchev–Trinajstić information content (AvgIpc) is 2.68. The Morgan fingerprint density at radius 3 is 2.63 bits per heavy atom. The van der Waals surface area contributed by atoms with Gasteiger partial charge in [0.05, 0.1) is 0 Å². The summed E-state index contributed by atoms with van der Waals surface area (Å²) >= 11 is 0. The maximum Gasteiger partial charge on any atom is 0.189 e. The van der Waals surface area contributed by atoms with Gasteiger partial charge in [-0.25, -0.2) is 0 Å². The Kier molecular flexibility index (Phi) is 3.67. The van der Waals surface area contributed by atoms with E-state index in [4.69, 9.17) is 0 Å². The van der Waals surface area contributed by atoms with Crippen LogP contribution >= 0.6 is 12.4 Å². The summed E-state index contributed by atoms with van der Waals surface area (Å²) in [6.07, 6.45) is 5.90. The molecule has 96 valence electrons. The van der Waals surface area contributed by atoms with Crippen LogP contribution in [-0.2, 0) is 6.42 Å². The zero-order valence-corrected chi connectivity index (χ0v) is 10.9. The largest absolute Gasteiger partial charge is 0.508 e. The number of ketones is 1. The van der Waals surface area contributed by atoms with Gasteiger partial charge < -0.3 is 5.11 Å². The third-order valence-electron chi connectivity index (χ3n) is 3.06.